The Morgan fingerprint density at radius 3 is 2.69 bits per heavy atom. The van der Waals surface area contributed by atoms with Crippen molar-refractivity contribution < 1.29 is 23.8 Å². The fraction of sp³-hybridized carbons (Fsp3) is 0.360. The van der Waals surface area contributed by atoms with E-state index in [2.05, 4.69) is 10.3 Å². The molecule has 5 rings (SSSR count). The van der Waals surface area contributed by atoms with Gasteiger partial charge in [0.1, 0.15) is 10.7 Å². The van der Waals surface area contributed by atoms with Crippen LogP contribution in [0.4, 0.5) is 9.93 Å². The quantitative estimate of drug-likeness (QED) is 0.248. The van der Waals surface area contributed by atoms with E-state index in [0.29, 0.717) is 51.1 Å². The molecule has 4 heterocycles. The number of hydrogen-bond acceptors (Lipinski definition) is 10. The number of benzene rings is 1. The first-order chi connectivity index (χ1) is 18.8. The van der Waals surface area contributed by atoms with Crippen LogP contribution in [0.1, 0.15) is 29.5 Å². The molecule has 1 saturated heterocycles. The summed E-state index contributed by atoms with van der Waals surface area (Å²) in [6.45, 7) is 4.67. The molecule has 1 aromatic carbocycles. The van der Waals surface area contributed by atoms with Gasteiger partial charge >= 0.3 is 6.16 Å². The number of para-hydroxylation sites is 1. The average Bonchev–Trinajstić information content (AvgIpc) is 3.61. The van der Waals surface area contributed by atoms with Gasteiger partial charge in [-0.15, -0.1) is 11.3 Å². The minimum atomic E-state index is -0.801. The molecule has 10 nitrogen and oxygen atoms in total. The van der Waals surface area contributed by atoms with Gasteiger partial charge < -0.3 is 29.4 Å². The van der Waals surface area contributed by atoms with Crippen LogP contribution in [0, 0.1) is 6.92 Å². The molecule has 0 bridgehead atoms. The van der Waals surface area contributed by atoms with Crippen LogP contribution < -0.4 is 15.0 Å². The van der Waals surface area contributed by atoms with Crippen molar-refractivity contribution in [1.29, 1.82) is 0 Å². The van der Waals surface area contributed by atoms with Gasteiger partial charge in [-0.2, -0.15) is 0 Å². The highest BCUT2D eigenvalue weighted by Gasteiger charge is 2.34. The van der Waals surface area contributed by atoms with Gasteiger partial charge in [0, 0.05) is 25.9 Å². The second-order valence-corrected chi connectivity index (χ2v) is 11.5. The van der Waals surface area contributed by atoms with Gasteiger partial charge in [0.15, 0.2) is 10.8 Å². The Morgan fingerprint density at radius 1 is 1.21 bits per heavy atom. The lowest BCUT2D eigenvalue weighted by atomic mass is 10.0. The Bertz CT molecular complexity index is 1490. The van der Waals surface area contributed by atoms with E-state index in [1.54, 1.807) is 21.0 Å². The molecular formula is C25H25Cl2N5O5S2. The molecule has 0 saturated carbocycles. The highest BCUT2D eigenvalue weighted by molar-refractivity contribution is 7.22. The molecular weight excluding hydrogens is 585 g/mol. The second-order valence-electron chi connectivity index (χ2n) is 8.75. The molecule has 14 heteroatoms. The largest absolute Gasteiger partial charge is 0.514 e. The van der Waals surface area contributed by atoms with Crippen molar-refractivity contribution >= 4 is 73.3 Å². The molecule has 1 fully saturated rings. The third kappa shape index (κ3) is 5.71. The SMILES string of the molecule is CCOC(=O)Oc1sc(N2CC[C@@H](NC(=O)c3[nH]c(C)c(Cl)c3Cl)[C@@H](OC)C2)nc1-c1nc2ccccc2s1. The minimum Gasteiger partial charge on any atom is -0.434 e. The van der Waals surface area contributed by atoms with Crippen LogP contribution >= 0.6 is 45.9 Å². The number of hydrogen-bond donors (Lipinski definition) is 2. The summed E-state index contributed by atoms with van der Waals surface area (Å²) in [4.78, 5) is 39.6. The first kappa shape index (κ1) is 27.7. The number of aromatic nitrogens is 3. The van der Waals surface area contributed by atoms with Gasteiger partial charge in [0.2, 0.25) is 5.06 Å². The number of carbonyl (C=O) groups excluding carboxylic acids is 2. The van der Waals surface area contributed by atoms with E-state index in [1.807, 2.05) is 29.2 Å². The van der Waals surface area contributed by atoms with E-state index in [9.17, 15) is 9.59 Å². The molecule has 4 aromatic rings. The number of thiazole rings is 2. The number of aromatic amines is 1. The zero-order chi connectivity index (χ0) is 27.7. The number of fused-ring (bicyclic) bond motifs is 1. The van der Waals surface area contributed by atoms with E-state index in [-0.39, 0.29) is 35.4 Å². The average molecular weight is 611 g/mol. The van der Waals surface area contributed by atoms with Crippen molar-refractivity contribution in [2.24, 2.45) is 0 Å². The van der Waals surface area contributed by atoms with Crippen LogP contribution in [0.15, 0.2) is 24.3 Å². The van der Waals surface area contributed by atoms with Crippen LogP contribution in [0.3, 0.4) is 0 Å². The maximum Gasteiger partial charge on any atom is 0.514 e. The molecule has 2 atom stereocenters. The number of rotatable bonds is 7. The number of ether oxygens (including phenoxy) is 3. The molecule has 1 aliphatic rings. The predicted octanol–water partition coefficient (Wildman–Crippen LogP) is 5.92. The van der Waals surface area contributed by atoms with Gasteiger partial charge in [0.05, 0.1) is 39.0 Å². The van der Waals surface area contributed by atoms with Gasteiger partial charge in [-0.25, -0.2) is 14.8 Å². The molecule has 1 amide bonds. The first-order valence-electron chi connectivity index (χ1n) is 12.1. The van der Waals surface area contributed by atoms with E-state index in [1.165, 1.54) is 22.7 Å². The number of halogens is 2. The maximum atomic E-state index is 12.9. The molecule has 0 unspecified atom stereocenters. The van der Waals surface area contributed by atoms with Crippen LogP contribution in [-0.4, -0.2) is 66.0 Å². The van der Waals surface area contributed by atoms with Gasteiger partial charge in [0.25, 0.3) is 5.91 Å². The van der Waals surface area contributed by atoms with E-state index in [0.717, 1.165) is 10.2 Å². The smallest absolute Gasteiger partial charge is 0.434 e. The number of H-pyrrole nitrogens is 1. The Hall–Kier alpha value is -2.90. The monoisotopic (exact) mass is 609 g/mol. The van der Waals surface area contributed by atoms with Crippen molar-refractivity contribution in [1.82, 2.24) is 20.3 Å². The van der Waals surface area contributed by atoms with Crippen molar-refractivity contribution in [3.63, 3.8) is 0 Å². The third-order valence-electron chi connectivity index (χ3n) is 6.25. The highest BCUT2D eigenvalue weighted by atomic mass is 35.5. The standard InChI is InChI=1S/C25H25Cl2N5O5S2/c1-4-36-25(34)37-23-20(22-30-14-7-5-6-8-16(14)38-22)31-24(39-23)32-10-9-13(15(11-32)35-3)29-21(33)19-18(27)17(26)12(2)28-19/h5-8,13,15,28H,4,9-11H2,1-3H3,(H,29,33)/t13-,15+/m1/s1. The highest BCUT2D eigenvalue weighted by Crippen LogP contribution is 2.43. The van der Waals surface area contributed by atoms with Crippen LogP contribution in [-0.2, 0) is 9.47 Å². The van der Waals surface area contributed by atoms with E-state index in [4.69, 9.17) is 47.4 Å². The maximum absolute atomic E-state index is 12.9. The van der Waals surface area contributed by atoms with Gasteiger partial charge in [-0.05, 0) is 32.4 Å². The Morgan fingerprint density at radius 2 is 2.00 bits per heavy atom. The number of nitrogens with zero attached hydrogens (tertiary/aromatic N) is 3. The number of nitrogens with one attached hydrogen (secondary N) is 2. The summed E-state index contributed by atoms with van der Waals surface area (Å²) in [5, 5.41) is 5.12. The summed E-state index contributed by atoms with van der Waals surface area (Å²) in [7, 11) is 1.60. The molecule has 3 aromatic heterocycles. The first-order valence-corrected chi connectivity index (χ1v) is 14.5. The molecule has 39 heavy (non-hydrogen) atoms. The lowest BCUT2D eigenvalue weighted by Gasteiger charge is -2.37. The fourth-order valence-corrected chi connectivity index (χ4v) is 6.67. The Kier molecular flexibility index (Phi) is 8.29. The zero-order valence-corrected chi connectivity index (χ0v) is 24.4. The Labute approximate surface area is 242 Å². The number of carbonyl (C=O) groups is 2. The minimum absolute atomic E-state index is 0.190. The summed E-state index contributed by atoms with van der Waals surface area (Å²) in [5.74, 6) is -0.354. The molecule has 2 N–H and O–H groups in total. The van der Waals surface area contributed by atoms with Crippen LogP contribution in [0.2, 0.25) is 10.0 Å². The topological polar surface area (TPSA) is 119 Å². The Balaban J connectivity index is 1.37. The zero-order valence-electron chi connectivity index (χ0n) is 21.2. The van der Waals surface area contributed by atoms with Crippen LogP contribution in [0.25, 0.3) is 20.9 Å². The van der Waals surface area contributed by atoms with Crippen molar-refractivity contribution in [2.45, 2.75) is 32.4 Å². The van der Waals surface area contributed by atoms with Crippen molar-refractivity contribution in [3.8, 4) is 15.8 Å². The fourth-order valence-electron chi connectivity index (χ4n) is 4.29. The molecule has 0 radical (unpaired) electrons. The molecule has 206 valence electrons. The lowest BCUT2D eigenvalue weighted by Crippen LogP contribution is -2.55. The van der Waals surface area contributed by atoms with Crippen molar-refractivity contribution in [2.75, 3.05) is 31.7 Å². The van der Waals surface area contributed by atoms with Gasteiger partial charge in [-0.1, -0.05) is 46.7 Å². The van der Waals surface area contributed by atoms with Crippen LogP contribution in [0.5, 0.6) is 5.06 Å². The molecule has 0 spiro atoms. The number of aryl methyl sites for hydroxylation is 1. The van der Waals surface area contributed by atoms with Crippen molar-refractivity contribution in [3.05, 3.63) is 45.7 Å². The molecule has 1 aliphatic heterocycles. The number of methoxy groups -OCH3 is 1. The van der Waals surface area contributed by atoms with Gasteiger partial charge in [-0.3, -0.25) is 4.79 Å². The summed E-state index contributed by atoms with van der Waals surface area (Å²) in [6.07, 6.45) is -0.554. The second kappa shape index (κ2) is 11.7. The normalized spacial score (nSPS) is 17.4. The molecule has 0 aliphatic carbocycles. The van der Waals surface area contributed by atoms with E-state index >= 15 is 0 Å². The lowest BCUT2D eigenvalue weighted by molar-refractivity contribution is 0.0540. The summed E-state index contributed by atoms with van der Waals surface area (Å²) < 4.78 is 17.3. The number of anilines is 1. The number of piperidine rings is 1. The van der Waals surface area contributed by atoms with E-state index < -0.39 is 6.16 Å². The number of amides is 1. The summed E-state index contributed by atoms with van der Waals surface area (Å²) in [5.41, 5.74) is 2.15. The summed E-state index contributed by atoms with van der Waals surface area (Å²) >= 11 is 15.1. The summed E-state index contributed by atoms with van der Waals surface area (Å²) in [6, 6.07) is 7.50. The predicted molar refractivity (Wildman–Crippen MR) is 153 cm³/mol. The third-order valence-corrected chi connectivity index (χ3v) is 9.23.